The largest absolute Gasteiger partial charge is 0.490 e. The first kappa shape index (κ1) is 16.6. The number of rotatable bonds is 7. The van der Waals surface area contributed by atoms with Crippen LogP contribution < -0.4 is 10.1 Å². The van der Waals surface area contributed by atoms with Crippen LogP contribution in [0.3, 0.4) is 0 Å². The molecular formula is C17H26ClNO2. The lowest BCUT2D eigenvalue weighted by Crippen LogP contribution is -2.25. The molecule has 0 bridgehead atoms. The number of methoxy groups -OCH3 is 1. The van der Waals surface area contributed by atoms with Gasteiger partial charge in [0.25, 0.3) is 0 Å². The monoisotopic (exact) mass is 311 g/mol. The summed E-state index contributed by atoms with van der Waals surface area (Å²) in [6.07, 6.45) is 5.24. The Hall–Kier alpha value is -0.770. The van der Waals surface area contributed by atoms with E-state index in [0.717, 1.165) is 48.2 Å². The molecule has 0 heterocycles. The van der Waals surface area contributed by atoms with Crippen molar-refractivity contribution < 1.29 is 9.47 Å². The molecule has 118 valence electrons. The third-order valence-electron chi connectivity index (χ3n) is 4.00. The van der Waals surface area contributed by atoms with Crippen LogP contribution in [0.4, 0.5) is 0 Å². The summed E-state index contributed by atoms with van der Waals surface area (Å²) in [7, 11) is 1.71. The molecule has 0 spiro atoms. The van der Waals surface area contributed by atoms with Gasteiger partial charge in [0.2, 0.25) is 0 Å². The second kappa shape index (κ2) is 8.62. The first-order valence-corrected chi connectivity index (χ1v) is 8.21. The minimum Gasteiger partial charge on any atom is -0.490 e. The van der Waals surface area contributed by atoms with Crippen LogP contribution in [0.1, 0.15) is 38.2 Å². The summed E-state index contributed by atoms with van der Waals surface area (Å²) in [5.41, 5.74) is 1.12. The molecule has 1 aromatic rings. The maximum absolute atomic E-state index is 6.24. The number of ether oxygens (including phenoxy) is 2. The standard InChI is InChI=1S/C17H26ClNO2/c1-13-4-3-5-16(10-13)21-17-7-6-15(18)11-14(17)12-19-8-9-20-2/h6-7,11,13,16,19H,3-5,8-10,12H2,1-2H3. The molecule has 0 amide bonds. The highest BCUT2D eigenvalue weighted by Gasteiger charge is 2.21. The van der Waals surface area contributed by atoms with Gasteiger partial charge < -0.3 is 14.8 Å². The topological polar surface area (TPSA) is 30.5 Å². The van der Waals surface area contributed by atoms with Gasteiger partial charge in [-0.15, -0.1) is 0 Å². The summed E-state index contributed by atoms with van der Waals surface area (Å²) in [6, 6.07) is 5.89. The highest BCUT2D eigenvalue weighted by Crippen LogP contribution is 2.30. The van der Waals surface area contributed by atoms with Crippen molar-refractivity contribution in [3.63, 3.8) is 0 Å². The van der Waals surface area contributed by atoms with E-state index in [1.54, 1.807) is 7.11 Å². The van der Waals surface area contributed by atoms with E-state index >= 15 is 0 Å². The number of halogens is 1. The van der Waals surface area contributed by atoms with E-state index in [2.05, 4.69) is 12.2 Å². The third kappa shape index (κ3) is 5.50. The van der Waals surface area contributed by atoms with Crippen molar-refractivity contribution in [2.45, 2.75) is 45.3 Å². The van der Waals surface area contributed by atoms with Gasteiger partial charge in [-0.2, -0.15) is 0 Å². The normalized spacial score (nSPS) is 22.2. The van der Waals surface area contributed by atoms with Gasteiger partial charge in [-0.25, -0.2) is 0 Å². The minimum absolute atomic E-state index is 0.340. The molecule has 4 heteroatoms. The fourth-order valence-corrected chi connectivity index (χ4v) is 3.06. The molecule has 1 aromatic carbocycles. The van der Waals surface area contributed by atoms with Crippen LogP contribution in [0.2, 0.25) is 5.02 Å². The lowest BCUT2D eigenvalue weighted by atomic mass is 9.88. The van der Waals surface area contributed by atoms with Crippen LogP contribution in [0, 0.1) is 5.92 Å². The maximum atomic E-state index is 6.24. The highest BCUT2D eigenvalue weighted by molar-refractivity contribution is 6.30. The van der Waals surface area contributed by atoms with E-state index in [1.165, 1.54) is 12.8 Å². The predicted octanol–water partition coefficient (Wildman–Crippen LogP) is 4.03. The third-order valence-corrected chi connectivity index (χ3v) is 4.24. The Balaban J connectivity index is 1.96. The van der Waals surface area contributed by atoms with E-state index in [0.29, 0.717) is 12.7 Å². The van der Waals surface area contributed by atoms with Crippen LogP contribution >= 0.6 is 11.6 Å². The lowest BCUT2D eigenvalue weighted by Gasteiger charge is -2.28. The van der Waals surface area contributed by atoms with Gasteiger partial charge in [0.05, 0.1) is 12.7 Å². The molecule has 2 atom stereocenters. The Morgan fingerprint density at radius 2 is 2.19 bits per heavy atom. The Morgan fingerprint density at radius 3 is 2.95 bits per heavy atom. The van der Waals surface area contributed by atoms with Gasteiger partial charge in [0.1, 0.15) is 5.75 Å². The van der Waals surface area contributed by atoms with Crippen molar-refractivity contribution in [2.24, 2.45) is 5.92 Å². The number of hydrogen-bond acceptors (Lipinski definition) is 3. The van der Waals surface area contributed by atoms with E-state index in [1.807, 2.05) is 18.2 Å². The summed E-state index contributed by atoms with van der Waals surface area (Å²) in [5, 5.41) is 4.11. The SMILES string of the molecule is COCCNCc1cc(Cl)ccc1OC1CCCC(C)C1. The smallest absolute Gasteiger partial charge is 0.124 e. The van der Waals surface area contributed by atoms with Gasteiger partial charge in [0.15, 0.2) is 0 Å². The Morgan fingerprint density at radius 1 is 1.33 bits per heavy atom. The maximum Gasteiger partial charge on any atom is 0.124 e. The molecule has 3 nitrogen and oxygen atoms in total. The van der Waals surface area contributed by atoms with Gasteiger partial charge >= 0.3 is 0 Å². The molecule has 0 aromatic heterocycles. The van der Waals surface area contributed by atoms with E-state index < -0.39 is 0 Å². The Kier molecular flexibility index (Phi) is 6.81. The fourth-order valence-electron chi connectivity index (χ4n) is 2.86. The van der Waals surface area contributed by atoms with Crippen LogP contribution in [0.15, 0.2) is 18.2 Å². The van der Waals surface area contributed by atoms with E-state index in [-0.39, 0.29) is 0 Å². The Labute approximate surface area is 133 Å². The molecule has 2 rings (SSSR count). The van der Waals surface area contributed by atoms with E-state index in [9.17, 15) is 0 Å². The van der Waals surface area contributed by atoms with Crippen molar-refractivity contribution in [3.8, 4) is 5.75 Å². The number of hydrogen-bond donors (Lipinski definition) is 1. The van der Waals surface area contributed by atoms with Crippen LogP contribution in [0.5, 0.6) is 5.75 Å². The zero-order valence-corrected chi connectivity index (χ0v) is 13.8. The summed E-state index contributed by atoms with van der Waals surface area (Å²) in [5.74, 6) is 1.72. The predicted molar refractivity (Wildman–Crippen MR) is 87.1 cm³/mol. The molecule has 0 radical (unpaired) electrons. The quantitative estimate of drug-likeness (QED) is 0.771. The van der Waals surface area contributed by atoms with Gasteiger partial charge in [-0.05, 0) is 43.4 Å². The van der Waals surface area contributed by atoms with E-state index in [4.69, 9.17) is 21.1 Å². The summed E-state index contributed by atoms with van der Waals surface area (Å²) >= 11 is 6.11. The highest BCUT2D eigenvalue weighted by atomic mass is 35.5. The summed E-state index contributed by atoms with van der Waals surface area (Å²) in [6.45, 7) is 4.59. The minimum atomic E-state index is 0.340. The molecule has 1 fully saturated rings. The van der Waals surface area contributed by atoms with Gasteiger partial charge in [0, 0.05) is 30.8 Å². The molecule has 0 saturated heterocycles. The second-order valence-electron chi connectivity index (χ2n) is 5.93. The summed E-state index contributed by atoms with van der Waals surface area (Å²) < 4.78 is 11.3. The zero-order valence-electron chi connectivity index (χ0n) is 13.0. The van der Waals surface area contributed by atoms with Gasteiger partial charge in [-0.1, -0.05) is 24.9 Å². The second-order valence-corrected chi connectivity index (χ2v) is 6.37. The van der Waals surface area contributed by atoms with Crippen molar-refractivity contribution >= 4 is 11.6 Å². The van der Waals surface area contributed by atoms with Crippen molar-refractivity contribution in [1.29, 1.82) is 0 Å². The van der Waals surface area contributed by atoms with Crippen molar-refractivity contribution in [1.82, 2.24) is 5.32 Å². The molecule has 2 unspecified atom stereocenters. The number of benzene rings is 1. The van der Waals surface area contributed by atoms with Crippen molar-refractivity contribution in [2.75, 3.05) is 20.3 Å². The molecular weight excluding hydrogens is 286 g/mol. The van der Waals surface area contributed by atoms with Crippen LogP contribution in [0.25, 0.3) is 0 Å². The molecule has 21 heavy (non-hydrogen) atoms. The van der Waals surface area contributed by atoms with Crippen LogP contribution in [-0.2, 0) is 11.3 Å². The Bertz CT molecular complexity index is 439. The van der Waals surface area contributed by atoms with Gasteiger partial charge in [-0.3, -0.25) is 0 Å². The molecule has 0 aliphatic heterocycles. The molecule has 1 saturated carbocycles. The van der Waals surface area contributed by atoms with Crippen molar-refractivity contribution in [3.05, 3.63) is 28.8 Å². The molecule has 1 N–H and O–H groups in total. The summed E-state index contributed by atoms with van der Waals surface area (Å²) in [4.78, 5) is 0. The molecule has 1 aliphatic carbocycles. The first-order chi connectivity index (χ1) is 10.2. The average Bonchev–Trinajstić information content (AvgIpc) is 2.46. The fraction of sp³-hybridized carbons (Fsp3) is 0.647. The zero-order chi connectivity index (χ0) is 15.1. The number of nitrogens with one attached hydrogen (secondary N) is 1. The first-order valence-electron chi connectivity index (χ1n) is 7.83. The van der Waals surface area contributed by atoms with Crippen LogP contribution in [-0.4, -0.2) is 26.4 Å². The lowest BCUT2D eigenvalue weighted by molar-refractivity contribution is 0.128. The molecule has 1 aliphatic rings. The average molecular weight is 312 g/mol.